The van der Waals surface area contributed by atoms with E-state index in [0.29, 0.717) is 5.56 Å². The molecule has 4 heteroatoms. The Labute approximate surface area is 124 Å². The first-order valence-electron chi connectivity index (χ1n) is 7.51. The average molecular weight is 286 g/mol. The number of amides is 1. The van der Waals surface area contributed by atoms with Crippen molar-refractivity contribution in [3.63, 3.8) is 0 Å². The summed E-state index contributed by atoms with van der Waals surface area (Å²) >= 11 is 0. The molecule has 0 radical (unpaired) electrons. The number of nitrogens with zero attached hydrogens (tertiary/aromatic N) is 1. The van der Waals surface area contributed by atoms with Gasteiger partial charge in [0.05, 0.1) is 6.61 Å². The molecule has 2 aromatic rings. The molecule has 1 aromatic carbocycles. The molecule has 112 valence electrons. The Kier molecular flexibility index (Phi) is 3.49. The Hall–Kier alpha value is -1.81. The second-order valence-corrected chi connectivity index (χ2v) is 6.40. The molecule has 21 heavy (non-hydrogen) atoms. The Balaban J connectivity index is 1.88. The van der Waals surface area contributed by atoms with Crippen molar-refractivity contribution in [2.45, 2.75) is 32.2 Å². The van der Waals surface area contributed by atoms with E-state index in [-0.39, 0.29) is 24.0 Å². The van der Waals surface area contributed by atoms with E-state index in [1.54, 1.807) is 0 Å². The summed E-state index contributed by atoms with van der Waals surface area (Å²) < 4.78 is 2.01. The smallest absolute Gasteiger partial charge is 0.252 e. The third-order valence-corrected chi connectivity index (χ3v) is 4.92. The van der Waals surface area contributed by atoms with Crippen LogP contribution in [0.3, 0.4) is 0 Å². The highest BCUT2D eigenvalue weighted by molar-refractivity contribution is 6.06. The van der Waals surface area contributed by atoms with E-state index in [2.05, 4.69) is 5.32 Å². The Morgan fingerprint density at radius 3 is 3.05 bits per heavy atom. The first-order valence-corrected chi connectivity index (χ1v) is 7.51. The molecule has 0 aliphatic heterocycles. The van der Waals surface area contributed by atoms with Gasteiger partial charge in [-0.25, -0.2) is 0 Å². The van der Waals surface area contributed by atoms with Gasteiger partial charge in [-0.1, -0.05) is 19.4 Å². The van der Waals surface area contributed by atoms with Crippen LogP contribution in [0.5, 0.6) is 0 Å². The van der Waals surface area contributed by atoms with Gasteiger partial charge in [0.2, 0.25) is 0 Å². The maximum absolute atomic E-state index is 12.6. The zero-order valence-corrected chi connectivity index (χ0v) is 12.6. The second kappa shape index (κ2) is 5.19. The van der Waals surface area contributed by atoms with Crippen molar-refractivity contribution in [3.05, 3.63) is 36.0 Å². The molecular formula is C17H22N2O2. The predicted octanol–water partition coefficient (Wildman–Crippen LogP) is 2.46. The summed E-state index contributed by atoms with van der Waals surface area (Å²) in [5.41, 5.74) is 1.57. The van der Waals surface area contributed by atoms with Gasteiger partial charge < -0.3 is 15.0 Å². The monoisotopic (exact) mass is 286 g/mol. The SMILES string of the molecule is Cn1ccc2c(C(=O)NC3CCCC3(C)CO)cccc21. The molecule has 1 amide bonds. The van der Waals surface area contributed by atoms with E-state index in [4.69, 9.17) is 0 Å². The largest absolute Gasteiger partial charge is 0.396 e. The standard InChI is InChI=1S/C17H22N2O2/c1-17(11-20)9-4-7-15(17)18-16(21)13-5-3-6-14-12(13)8-10-19(14)2/h3,5-6,8,10,15,20H,4,7,9,11H2,1-2H3,(H,18,21). The number of nitrogens with one attached hydrogen (secondary N) is 1. The minimum atomic E-state index is -0.194. The van der Waals surface area contributed by atoms with Gasteiger partial charge >= 0.3 is 0 Å². The van der Waals surface area contributed by atoms with Crippen LogP contribution in [0.2, 0.25) is 0 Å². The number of aliphatic hydroxyl groups excluding tert-OH is 1. The number of hydrogen-bond acceptors (Lipinski definition) is 2. The zero-order chi connectivity index (χ0) is 15.0. The first kappa shape index (κ1) is 14.1. The van der Waals surface area contributed by atoms with Crippen molar-refractivity contribution in [1.29, 1.82) is 0 Å². The van der Waals surface area contributed by atoms with Crippen LogP contribution in [0, 0.1) is 5.41 Å². The third kappa shape index (κ3) is 2.33. The molecule has 1 aliphatic rings. The third-order valence-electron chi connectivity index (χ3n) is 4.92. The lowest BCUT2D eigenvalue weighted by Gasteiger charge is -2.30. The van der Waals surface area contributed by atoms with Crippen molar-refractivity contribution in [3.8, 4) is 0 Å². The molecule has 0 bridgehead atoms. The number of benzene rings is 1. The summed E-state index contributed by atoms with van der Waals surface area (Å²) in [6, 6.07) is 7.82. The van der Waals surface area contributed by atoms with E-state index in [1.165, 1.54) is 0 Å². The lowest BCUT2D eigenvalue weighted by molar-refractivity contribution is 0.0832. The number of aryl methyl sites for hydroxylation is 1. The van der Waals surface area contributed by atoms with Gasteiger partial charge in [-0.2, -0.15) is 0 Å². The number of rotatable bonds is 3. The van der Waals surface area contributed by atoms with Crippen molar-refractivity contribution in [2.75, 3.05) is 6.61 Å². The summed E-state index contributed by atoms with van der Waals surface area (Å²) in [7, 11) is 1.98. The maximum Gasteiger partial charge on any atom is 0.252 e. The topological polar surface area (TPSA) is 54.3 Å². The highest BCUT2D eigenvalue weighted by Crippen LogP contribution is 2.37. The molecule has 1 aliphatic carbocycles. The van der Waals surface area contributed by atoms with Crippen LogP contribution in [-0.4, -0.2) is 28.2 Å². The van der Waals surface area contributed by atoms with Crippen LogP contribution >= 0.6 is 0 Å². The van der Waals surface area contributed by atoms with E-state index in [0.717, 1.165) is 30.2 Å². The predicted molar refractivity (Wildman–Crippen MR) is 83.2 cm³/mol. The lowest BCUT2D eigenvalue weighted by atomic mass is 9.85. The summed E-state index contributed by atoms with van der Waals surface area (Å²) in [4.78, 5) is 12.6. The quantitative estimate of drug-likeness (QED) is 0.910. The Bertz CT molecular complexity index is 676. The molecule has 1 fully saturated rings. The molecule has 1 aromatic heterocycles. The number of carbonyl (C=O) groups excluding carboxylic acids is 1. The van der Waals surface area contributed by atoms with Gasteiger partial charge in [0.15, 0.2) is 0 Å². The molecule has 3 rings (SSSR count). The van der Waals surface area contributed by atoms with E-state index >= 15 is 0 Å². The normalized spacial score (nSPS) is 25.4. The highest BCUT2D eigenvalue weighted by atomic mass is 16.3. The molecule has 1 saturated carbocycles. The summed E-state index contributed by atoms with van der Waals surface area (Å²) in [5, 5.41) is 13.7. The number of hydrogen-bond donors (Lipinski definition) is 2. The van der Waals surface area contributed by atoms with Gasteiger partial charge in [-0.15, -0.1) is 0 Å². The number of aromatic nitrogens is 1. The van der Waals surface area contributed by atoms with E-state index in [9.17, 15) is 9.90 Å². The molecule has 0 spiro atoms. The summed E-state index contributed by atoms with van der Waals surface area (Å²) in [5.74, 6) is -0.0432. The van der Waals surface area contributed by atoms with Crippen molar-refractivity contribution < 1.29 is 9.90 Å². The van der Waals surface area contributed by atoms with Crippen LogP contribution in [0.25, 0.3) is 10.9 Å². The van der Waals surface area contributed by atoms with Crippen molar-refractivity contribution >= 4 is 16.8 Å². The molecule has 4 nitrogen and oxygen atoms in total. The lowest BCUT2D eigenvalue weighted by Crippen LogP contribution is -2.44. The van der Waals surface area contributed by atoms with E-state index in [1.807, 2.05) is 49.0 Å². The minimum Gasteiger partial charge on any atom is -0.396 e. The molecule has 1 heterocycles. The van der Waals surface area contributed by atoms with Crippen molar-refractivity contribution in [1.82, 2.24) is 9.88 Å². The van der Waals surface area contributed by atoms with Crippen LogP contribution < -0.4 is 5.32 Å². The zero-order valence-electron chi connectivity index (χ0n) is 12.6. The van der Waals surface area contributed by atoms with Crippen LogP contribution in [0.1, 0.15) is 36.5 Å². The van der Waals surface area contributed by atoms with Crippen LogP contribution in [-0.2, 0) is 7.05 Å². The van der Waals surface area contributed by atoms with Gasteiger partial charge in [-0.05, 0) is 31.0 Å². The van der Waals surface area contributed by atoms with Gasteiger partial charge in [0.25, 0.3) is 5.91 Å². The number of fused-ring (bicyclic) bond motifs is 1. The molecule has 2 atom stereocenters. The van der Waals surface area contributed by atoms with Gasteiger partial charge in [0, 0.05) is 41.2 Å². The molecule has 2 unspecified atom stereocenters. The fraction of sp³-hybridized carbons (Fsp3) is 0.471. The van der Waals surface area contributed by atoms with Crippen molar-refractivity contribution in [2.24, 2.45) is 12.5 Å². The Morgan fingerprint density at radius 1 is 1.48 bits per heavy atom. The van der Waals surface area contributed by atoms with Crippen LogP contribution in [0.15, 0.2) is 30.5 Å². The molecule has 0 saturated heterocycles. The summed E-state index contributed by atoms with van der Waals surface area (Å²) in [6.45, 7) is 2.17. The van der Waals surface area contributed by atoms with Gasteiger partial charge in [-0.3, -0.25) is 4.79 Å². The average Bonchev–Trinajstić information content (AvgIpc) is 3.04. The van der Waals surface area contributed by atoms with E-state index < -0.39 is 0 Å². The number of carbonyl (C=O) groups is 1. The van der Waals surface area contributed by atoms with Gasteiger partial charge in [0.1, 0.15) is 0 Å². The molecule has 2 N–H and O–H groups in total. The Morgan fingerprint density at radius 2 is 2.29 bits per heavy atom. The fourth-order valence-corrected chi connectivity index (χ4v) is 3.40. The summed E-state index contributed by atoms with van der Waals surface area (Å²) in [6.07, 6.45) is 4.92. The first-order chi connectivity index (χ1) is 10.0. The second-order valence-electron chi connectivity index (χ2n) is 6.40. The number of aliphatic hydroxyl groups is 1. The minimum absolute atomic E-state index is 0.0432. The fourth-order valence-electron chi connectivity index (χ4n) is 3.40. The molecular weight excluding hydrogens is 264 g/mol. The van der Waals surface area contributed by atoms with Crippen LogP contribution in [0.4, 0.5) is 0 Å². The highest BCUT2D eigenvalue weighted by Gasteiger charge is 2.39. The maximum atomic E-state index is 12.6.